The van der Waals surface area contributed by atoms with Gasteiger partial charge in [0.25, 0.3) is 0 Å². The van der Waals surface area contributed by atoms with Gasteiger partial charge >= 0.3 is 0 Å². The van der Waals surface area contributed by atoms with E-state index in [1.54, 1.807) is 6.07 Å². The number of benzene rings is 1. The Morgan fingerprint density at radius 3 is 2.80 bits per heavy atom. The summed E-state index contributed by atoms with van der Waals surface area (Å²) in [6.07, 6.45) is 0. The van der Waals surface area contributed by atoms with Gasteiger partial charge in [-0.1, -0.05) is 19.1 Å². The zero-order chi connectivity index (χ0) is 11.3. The predicted molar refractivity (Wildman–Crippen MR) is 62.1 cm³/mol. The molecule has 0 heterocycles. The average molecular weight is 276 g/mol. The summed E-state index contributed by atoms with van der Waals surface area (Å²) in [6, 6.07) is 5.01. The minimum atomic E-state index is -0.243. The molecule has 0 spiro atoms. The SMILES string of the molecule is CCN(CCO)Cc1cccc(F)c1Br. The lowest BCUT2D eigenvalue weighted by Crippen LogP contribution is -2.26. The van der Waals surface area contributed by atoms with Crippen molar-refractivity contribution in [3.63, 3.8) is 0 Å². The summed E-state index contributed by atoms with van der Waals surface area (Å²) in [5, 5.41) is 8.84. The highest BCUT2D eigenvalue weighted by atomic mass is 79.9. The molecule has 84 valence electrons. The first kappa shape index (κ1) is 12.6. The van der Waals surface area contributed by atoms with Crippen molar-refractivity contribution in [1.82, 2.24) is 4.90 Å². The zero-order valence-corrected chi connectivity index (χ0v) is 10.3. The highest BCUT2D eigenvalue weighted by Crippen LogP contribution is 2.21. The van der Waals surface area contributed by atoms with Gasteiger partial charge in [0.15, 0.2) is 0 Å². The Balaban J connectivity index is 2.74. The third kappa shape index (κ3) is 3.55. The van der Waals surface area contributed by atoms with Crippen molar-refractivity contribution in [3.05, 3.63) is 34.1 Å². The number of halogens is 2. The van der Waals surface area contributed by atoms with E-state index in [0.29, 0.717) is 17.6 Å². The van der Waals surface area contributed by atoms with E-state index in [-0.39, 0.29) is 12.4 Å². The lowest BCUT2D eigenvalue weighted by Gasteiger charge is -2.19. The van der Waals surface area contributed by atoms with Crippen LogP contribution in [0, 0.1) is 5.82 Å². The molecular weight excluding hydrogens is 261 g/mol. The largest absolute Gasteiger partial charge is 0.395 e. The van der Waals surface area contributed by atoms with Crippen LogP contribution in [0.5, 0.6) is 0 Å². The fraction of sp³-hybridized carbons (Fsp3) is 0.455. The molecule has 1 rings (SSSR count). The van der Waals surface area contributed by atoms with Crippen molar-refractivity contribution >= 4 is 15.9 Å². The molecule has 1 N–H and O–H groups in total. The van der Waals surface area contributed by atoms with E-state index >= 15 is 0 Å². The minimum Gasteiger partial charge on any atom is -0.395 e. The summed E-state index contributed by atoms with van der Waals surface area (Å²) in [5.41, 5.74) is 0.908. The first-order chi connectivity index (χ1) is 7.19. The molecule has 0 aromatic heterocycles. The van der Waals surface area contributed by atoms with Crippen LogP contribution in [0.15, 0.2) is 22.7 Å². The van der Waals surface area contributed by atoms with Gasteiger partial charge in [-0.3, -0.25) is 4.90 Å². The van der Waals surface area contributed by atoms with Crippen LogP contribution in [-0.2, 0) is 6.54 Å². The number of hydrogen-bond acceptors (Lipinski definition) is 2. The van der Waals surface area contributed by atoms with Crippen LogP contribution in [0.3, 0.4) is 0 Å². The highest BCUT2D eigenvalue weighted by molar-refractivity contribution is 9.10. The maximum atomic E-state index is 13.2. The lowest BCUT2D eigenvalue weighted by atomic mass is 10.2. The normalized spacial score (nSPS) is 11.0. The van der Waals surface area contributed by atoms with E-state index < -0.39 is 0 Å². The van der Waals surface area contributed by atoms with Crippen molar-refractivity contribution in [1.29, 1.82) is 0 Å². The predicted octanol–water partition coefficient (Wildman–Crippen LogP) is 2.40. The second kappa shape index (κ2) is 6.20. The van der Waals surface area contributed by atoms with Gasteiger partial charge in [0.2, 0.25) is 0 Å². The van der Waals surface area contributed by atoms with Crippen molar-refractivity contribution in [3.8, 4) is 0 Å². The molecule has 0 amide bonds. The van der Waals surface area contributed by atoms with Gasteiger partial charge in [-0.05, 0) is 34.1 Å². The summed E-state index contributed by atoms with van der Waals surface area (Å²) >= 11 is 3.22. The number of nitrogens with zero attached hydrogens (tertiary/aromatic N) is 1. The van der Waals surface area contributed by atoms with E-state index in [2.05, 4.69) is 20.8 Å². The molecule has 1 aromatic carbocycles. The second-order valence-corrected chi connectivity index (χ2v) is 4.10. The molecule has 4 heteroatoms. The second-order valence-electron chi connectivity index (χ2n) is 3.31. The molecule has 0 fully saturated rings. The number of rotatable bonds is 5. The van der Waals surface area contributed by atoms with Gasteiger partial charge in [0.05, 0.1) is 11.1 Å². The molecule has 0 aliphatic carbocycles. The highest BCUT2D eigenvalue weighted by Gasteiger charge is 2.08. The van der Waals surface area contributed by atoms with E-state index in [4.69, 9.17) is 5.11 Å². The Hall–Kier alpha value is -0.450. The summed E-state index contributed by atoms with van der Waals surface area (Å²) in [5.74, 6) is -0.243. The molecule has 0 unspecified atom stereocenters. The van der Waals surface area contributed by atoms with E-state index in [9.17, 15) is 4.39 Å². The molecule has 1 aromatic rings. The number of aliphatic hydroxyl groups excluding tert-OH is 1. The van der Waals surface area contributed by atoms with Gasteiger partial charge in [-0.15, -0.1) is 0 Å². The summed E-state index contributed by atoms with van der Waals surface area (Å²) in [4.78, 5) is 2.06. The van der Waals surface area contributed by atoms with Gasteiger partial charge in [-0.25, -0.2) is 4.39 Å². The molecule has 2 nitrogen and oxygen atoms in total. The minimum absolute atomic E-state index is 0.126. The molecule has 0 saturated carbocycles. The Kier molecular flexibility index (Phi) is 5.22. The van der Waals surface area contributed by atoms with Crippen LogP contribution in [0.4, 0.5) is 4.39 Å². The van der Waals surface area contributed by atoms with Crippen LogP contribution in [0.2, 0.25) is 0 Å². The molecule has 0 radical (unpaired) electrons. The van der Waals surface area contributed by atoms with Crippen LogP contribution < -0.4 is 0 Å². The smallest absolute Gasteiger partial charge is 0.137 e. The third-order valence-electron chi connectivity index (χ3n) is 2.29. The fourth-order valence-electron chi connectivity index (χ4n) is 1.40. The Morgan fingerprint density at radius 1 is 1.47 bits per heavy atom. The van der Waals surface area contributed by atoms with Gasteiger partial charge in [-0.2, -0.15) is 0 Å². The number of aliphatic hydroxyl groups is 1. The third-order valence-corrected chi connectivity index (χ3v) is 3.18. The molecule has 0 aliphatic heterocycles. The topological polar surface area (TPSA) is 23.5 Å². The molecular formula is C11H15BrFNO. The zero-order valence-electron chi connectivity index (χ0n) is 8.71. The van der Waals surface area contributed by atoms with Crippen molar-refractivity contribution in [2.24, 2.45) is 0 Å². The number of hydrogen-bond donors (Lipinski definition) is 1. The molecule has 0 atom stereocenters. The quantitative estimate of drug-likeness (QED) is 0.892. The maximum Gasteiger partial charge on any atom is 0.137 e. The van der Waals surface area contributed by atoms with Crippen molar-refractivity contribution in [2.75, 3.05) is 19.7 Å². The Labute approximate surface area is 97.8 Å². The van der Waals surface area contributed by atoms with Crippen molar-refractivity contribution < 1.29 is 9.50 Å². The van der Waals surface area contributed by atoms with E-state index in [1.807, 2.05) is 13.0 Å². The van der Waals surface area contributed by atoms with Gasteiger partial charge in [0, 0.05) is 13.1 Å². The van der Waals surface area contributed by atoms with Crippen LogP contribution in [-0.4, -0.2) is 29.7 Å². The monoisotopic (exact) mass is 275 g/mol. The van der Waals surface area contributed by atoms with Crippen LogP contribution in [0.1, 0.15) is 12.5 Å². The molecule has 0 saturated heterocycles. The first-order valence-electron chi connectivity index (χ1n) is 4.95. The summed E-state index contributed by atoms with van der Waals surface area (Å²) in [7, 11) is 0. The van der Waals surface area contributed by atoms with Crippen LogP contribution in [0.25, 0.3) is 0 Å². The van der Waals surface area contributed by atoms with E-state index in [0.717, 1.165) is 12.1 Å². The molecule has 0 bridgehead atoms. The maximum absolute atomic E-state index is 13.2. The summed E-state index contributed by atoms with van der Waals surface area (Å²) in [6.45, 7) is 4.24. The van der Waals surface area contributed by atoms with Crippen molar-refractivity contribution in [2.45, 2.75) is 13.5 Å². The van der Waals surface area contributed by atoms with Crippen LogP contribution >= 0.6 is 15.9 Å². The fourth-order valence-corrected chi connectivity index (χ4v) is 1.79. The Bertz CT molecular complexity index is 319. The molecule has 0 aliphatic rings. The number of likely N-dealkylation sites (N-methyl/N-ethyl adjacent to an activating group) is 1. The lowest BCUT2D eigenvalue weighted by molar-refractivity contribution is 0.196. The van der Waals surface area contributed by atoms with Gasteiger partial charge in [0.1, 0.15) is 5.82 Å². The van der Waals surface area contributed by atoms with Gasteiger partial charge < -0.3 is 5.11 Å². The average Bonchev–Trinajstić information content (AvgIpc) is 2.24. The first-order valence-corrected chi connectivity index (χ1v) is 5.74. The molecule has 15 heavy (non-hydrogen) atoms. The van der Waals surface area contributed by atoms with E-state index in [1.165, 1.54) is 6.07 Å². The summed E-state index contributed by atoms with van der Waals surface area (Å²) < 4.78 is 13.7. The standard InChI is InChI=1S/C11H15BrFNO/c1-2-14(6-7-15)8-9-4-3-5-10(13)11(9)12/h3-5,15H,2,6-8H2,1H3. The Morgan fingerprint density at radius 2 is 2.20 bits per heavy atom.